The smallest absolute Gasteiger partial charge is 0.322 e. The van der Waals surface area contributed by atoms with E-state index in [0.29, 0.717) is 18.2 Å². The fraction of sp³-hybridized carbons (Fsp3) is 0.435. The molecular weight excluding hydrogens is 453 g/mol. The number of hydrogen-bond acceptors (Lipinski definition) is 2. The van der Waals surface area contributed by atoms with Gasteiger partial charge in [-0.1, -0.05) is 69.9 Å². The lowest BCUT2D eigenvalue weighted by molar-refractivity contribution is -0.143. The summed E-state index contributed by atoms with van der Waals surface area (Å²) in [5.74, 6) is -1.33. The van der Waals surface area contributed by atoms with E-state index in [-0.39, 0.29) is 22.9 Å². The zero-order valence-corrected chi connectivity index (χ0v) is 18.7. The predicted molar refractivity (Wildman–Crippen MR) is 113 cm³/mol. The second-order valence-electron chi connectivity index (χ2n) is 7.64. The fourth-order valence-corrected chi connectivity index (χ4v) is 5.66. The van der Waals surface area contributed by atoms with Gasteiger partial charge in [0.2, 0.25) is 0 Å². The van der Waals surface area contributed by atoms with E-state index in [1.807, 2.05) is 13.8 Å². The van der Waals surface area contributed by atoms with Crippen LogP contribution in [0, 0.1) is 5.92 Å². The molecule has 2 atom stereocenters. The number of benzene rings is 2. The number of alkyl halides is 6. The Morgan fingerprint density at radius 1 is 0.906 bits per heavy atom. The summed E-state index contributed by atoms with van der Waals surface area (Å²) in [7, 11) is -2.62. The van der Waals surface area contributed by atoms with Gasteiger partial charge in [-0.15, -0.1) is 0 Å². The van der Waals surface area contributed by atoms with Crippen molar-refractivity contribution in [2.45, 2.75) is 51.9 Å². The van der Waals surface area contributed by atoms with Gasteiger partial charge in [-0.05, 0) is 18.1 Å². The molecule has 0 bridgehead atoms. The van der Waals surface area contributed by atoms with Gasteiger partial charge < -0.3 is 4.57 Å². The number of ketones is 1. The first kappa shape index (κ1) is 26.2. The summed E-state index contributed by atoms with van der Waals surface area (Å²) < 4.78 is 94.2. The molecule has 0 saturated carbocycles. The predicted octanol–water partition coefficient (Wildman–Crippen LogP) is 7.36. The molecule has 2 nitrogen and oxygen atoms in total. The molecule has 2 aromatic rings. The zero-order valence-electron chi connectivity index (χ0n) is 17.7. The molecule has 32 heavy (non-hydrogen) atoms. The van der Waals surface area contributed by atoms with Crippen LogP contribution in [0.5, 0.6) is 0 Å². The van der Waals surface area contributed by atoms with Crippen molar-refractivity contribution >= 4 is 18.9 Å². The maximum Gasteiger partial charge on any atom is 0.417 e. The van der Waals surface area contributed by atoms with E-state index in [4.69, 9.17) is 0 Å². The summed E-state index contributed by atoms with van der Waals surface area (Å²) in [5.41, 5.74) is -5.18. The summed E-state index contributed by atoms with van der Waals surface area (Å²) in [6, 6.07) is 6.82. The summed E-state index contributed by atoms with van der Waals surface area (Å²) in [6.45, 7) is 3.95. The number of carbonyl (C=O) groups excluding carboxylic acids is 1. The first-order chi connectivity index (χ1) is 14.9. The molecule has 0 amide bonds. The number of halogens is 6. The van der Waals surface area contributed by atoms with E-state index < -0.39 is 42.6 Å². The maximum atomic E-state index is 13.5. The van der Waals surface area contributed by atoms with Crippen LogP contribution in [0.25, 0.3) is 0 Å². The molecule has 2 unspecified atom stereocenters. The molecule has 2 rings (SSSR count). The van der Waals surface area contributed by atoms with E-state index in [1.54, 1.807) is 0 Å². The number of unbranched alkanes of at least 4 members (excludes halogenated alkanes) is 1. The highest BCUT2D eigenvalue weighted by atomic mass is 31.1. The third-order valence-corrected chi connectivity index (χ3v) is 7.38. The molecule has 0 fully saturated rings. The molecule has 9 heteroatoms. The van der Waals surface area contributed by atoms with Crippen molar-refractivity contribution in [2.24, 2.45) is 5.92 Å². The highest BCUT2D eigenvalue weighted by Gasteiger charge is 2.43. The lowest BCUT2D eigenvalue weighted by Crippen LogP contribution is -2.23. The summed E-state index contributed by atoms with van der Waals surface area (Å²) >= 11 is 0. The molecule has 0 heterocycles. The summed E-state index contributed by atoms with van der Waals surface area (Å²) in [4.78, 5) is 13.1. The van der Waals surface area contributed by atoms with Crippen LogP contribution in [0.3, 0.4) is 0 Å². The topological polar surface area (TPSA) is 34.1 Å². The molecule has 0 spiro atoms. The minimum atomic E-state index is -5.17. The Hall–Kier alpha value is -2.08. The molecule has 0 aliphatic rings. The van der Waals surface area contributed by atoms with Crippen LogP contribution in [0.15, 0.2) is 42.5 Å². The Balaban J connectivity index is 2.58. The Bertz CT molecular complexity index is 933. The van der Waals surface area contributed by atoms with Gasteiger partial charge in [0.05, 0.1) is 11.1 Å². The largest absolute Gasteiger partial charge is 0.417 e. The van der Waals surface area contributed by atoms with Crippen molar-refractivity contribution in [3.05, 3.63) is 64.7 Å². The molecule has 0 aliphatic heterocycles. The molecule has 2 aromatic carbocycles. The second kappa shape index (κ2) is 10.7. The lowest BCUT2D eigenvalue weighted by atomic mass is 9.92. The quantitative estimate of drug-likeness (QED) is 0.214. The van der Waals surface area contributed by atoms with Gasteiger partial charge in [0, 0.05) is 22.6 Å². The maximum absolute atomic E-state index is 13.5. The van der Waals surface area contributed by atoms with Gasteiger partial charge in [0.1, 0.15) is 7.80 Å². The summed E-state index contributed by atoms with van der Waals surface area (Å²) in [6.07, 6.45) is -6.67. The standard InChI is InChI=1S/C23H25F6O2P/c1-3-5-9-15(4-2)14-32(31)19-13-7-6-10-16(19)21(30)20-17(22(24,25)26)11-8-12-18(20)23(27,28)29/h6-8,10-13,15,32H,3-5,9,14H2,1-2H3. The minimum absolute atomic E-state index is 0.0163. The highest BCUT2D eigenvalue weighted by molar-refractivity contribution is 7.53. The fourth-order valence-electron chi connectivity index (χ4n) is 3.64. The van der Waals surface area contributed by atoms with Gasteiger partial charge >= 0.3 is 12.4 Å². The van der Waals surface area contributed by atoms with Gasteiger partial charge in [-0.3, -0.25) is 4.79 Å². The SMILES string of the molecule is CCCCC(CC)C[PH](=O)c1ccccc1C(=O)c1c(C(F)(F)F)cccc1C(F)(F)F. The molecule has 0 saturated heterocycles. The Labute approximate surface area is 183 Å². The molecule has 0 aromatic heterocycles. The van der Waals surface area contributed by atoms with Gasteiger partial charge in [-0.25, -0.2) is 0 Å². The van der Waals surface area contributed by atoms with Crippen LogP contribution in [0.1, 0.15) is 66.6 Å². The van der Waals surface area contributed by atoms with E-state index in [2.05, 4.69) is 0 Å². The molecule has 0 N–H and O–H groups in total. The van der Waals surface area contributed by atoms with Crippen LogP contribution in [0.2, 0.25) is 0 Å². The van der Waals surface area contributed by atoms with Crippen LogP contribution in [-0.4, -0.2) is 11.9 Å². The van der Waals surface area contributed by atoms with Crippen LogP contribution in [0.4, 0.5) is 26.3 Å². The Morgan fingerprint density at radius 3 is 1.97 bits per heavy atom. The molecule has 0 aliphatic carbocycles. The van der Waals surface area contributed by atoms with E-state index in [0.717, 1.165) is 31.7 Å². The molecule has 176 valence electrons. The first-order valence-corrected chi connectivity index (χ1v) is 12.0. The number of rotatable bonds is 9. The van der Waals surface area contributed by atoms with Crippen molar-refractivity contribution < 1.29 is 35.7 Å². The van der Waals surface area contributed by atoms with Crippen LogP contribution < -0.4 is 5.30 Å². The average molecular weight is 478 g/mol. The Kier molecular flexibility index (Phi) is 8.74. The minimum Gasteiger partial charge on any atom is -0.322 e. The third-order valence-electron chi connectivity index (χ3n) is 5.39. The normalized spacial score (nSPS) is 14.2. The first-order valence-electron chi connectivity index (χ1n) is 10.4. The average Bonchev–Trinajstić information content (AvgIpc) is 2.74. The molecule has 0 radical (unpaired) electrons. The zero-order chi connectivity index (χ0) is 24.1. The van der Waals surface area contributed by atoms with E-state index in [9.17, 15) is 35.7 Å². The van der Waals surface area contributed by atoms with E-state index >= 15 is 0 Å². The van der Waals surface area contributed by atoms with Crippen molar-refractivity contribution in [3.8, 4) is 0 Å². The second-order valence-corrected chi connectivity index (χ2v) is 9.44. The van der Waals surface area contributed by atoms with Crippen LogP contribution >= 0.6 is 7.80 Å². The lowest BCUT2D eigenvalue weighted by Gasteiger charge is -2.19. The highest BCUT2D eigenvalue weighted by Crippen LogP contribution is 2.40. The molecular formula is C23H25F6O2P. The van der Waals surface area contributed by atoms with Gasteiger partial charge in [-0.2, -0.15) is 26.3 Å². The van der Waals surface area contributed by atoms with Crippen LogP contribution in [-0.2, 0) is 16.9 Å². The van der Waals surface area contributed by atoms with Crippen molar-refractivity contribution in [2.75, 3.05) is 6.16 Å². The van der Waals surface area contributed by atoms with Gasteiger partial charge in [0.25, 0.3) is 0 Å². The van der Waals surface area contributed by atoms with Crippen molar-refractivity contribution in [1.82, 2.24) is 0 Å². The number of carbonyl (C=O) groups is 1. The number of hydrogen-bond donors (Lipinski definition) is 0. The van der Waals surface area contributed by atoms with Crippen molar-refractivity contribution in [1.29, 1.82) is 0 Å². The Morgan fingerprint density at radius 2 is 1.47 bits per heavy atom. The van der Waals surface area contributed by atoms with Gasteiger partial charge in [0.15, 0.2) is 5.78 Å². The third kappa shape index (κ3) is 6.25. The van der Waals surface area contributed by atoms with E-state index in [1.165, 1.54) is 18.2 Å². The van der Waals surface area contributed by atoms with Crippen molar-refractivity contribution in [3.63, 3.8) is 0 Å². The monoisotopic (exact) mass is 478 g/mol. The summed E-state index contributed by atoms with van der Waals surface area (Å²) in [5, 5.41) is 0.0163.